The SMILES string of the molecule is CC(C)(C)[C@@H](N[S+]([O-])C(C)(C)C)c1cnc(Cl)c(Cl)c1. The average molecular weight is 337 g/mol. The van der Waals surface area contributed by atoms with Gasteiger partial charge in [-0.2, -0.15) is 0 Å². The van der Waals surface area contributed by atoms with E-state index in [1.807, 2.05) is 20.8 Å². The van der Waals surface area contributed by atoms with E-state index in [2.05, 4.69) is 30.5 Å². The molecule has 0 saturated heterocycles. The molecule has 0 amide bonds. The fraction of sp³-hybridized carbons (Fsp3) is 0.643. The van der Waals surface area contributed by atoms with E-state index < -0.39 is 11.4 Å². The molecule has 0 fully saturated rings. The van der Waals surface area contributed by atoms with Crippen molar-refractivity contribution >= 4 is 34.6 Å². The zero-order valence-corrected chi connectivity index (χ0v) is 15.1. The molecule has 1 aromatic rings. The molecule has 6 heteroatoms. The molecule has 2 atom stereocenters. The Balaban J connectivity index is 3.11. The molecule has 0 bridgehead atoms. The Morgan fingerprint density at radius 3 is 2.15 bits per heavy atom. The quantitative estimate of drug-likeness (QED) is 0.651. The summed E-state index contributed by atoms with van der Waals surface area (Å²) in [5.74, 6) is 0. The molecule has 114 valence electrons. The monoisotopic (exact) mass is 336 g/mol. The molecule has 0 aliphatic rings. The lowest BCUT2D eigenvalue weighted by atomic mass is 9.84. The lowest BCUT2D eigenvalue weighted by Gasteiger charge is -2.34. The van der Waals surface area contributed by atoms with Crippen molar-refractivity contribution in [2.75, 3.05) is 0 Å². The number of pyridine rings is 1. The summed E-state index contributed by atoms with van der Waals surface area (Å²) in [5.41, 5.74) is 0.740. The molecule has 0 aromatic carbocycles. The van der Waals surface area contributed by atoms with Crippen LogP contribution in [-0.4, -0.2) is 14.3 Å². The van der Waals surface area contributed by atoms with E-state index in [4.69, 9.17) is 23.2 Å². The highest BCUT2D eigenvalue weighted by atomic mass is 35.5. The summed E-state index contributed by atoms with van der Waals surface area (Å²) in [7, 11) is 0. The number of hydrogen-bond acceptors (Lipinski definition) is 3. The number of aromatic nitrogens is 1. The molecule has 20 heavy (non-hydrogen) atoms. The van der Waals surface area contributed by atoms with Gasteiger partial charge < -0.3 is 4.55 Å². The van der Waals surface area contributed by atoms with E-state index >= 15 is 0 Å². The molecular weight excluding hydrogens is 315 g/mol. The third-order valence-corrected chi connectivity index (χ3v) is 5.05. The normalized spacial score (nSPS) is 16.1. The van der Waals surface area contributed by atoms with Gasteiger partial charge in [0.1, 0.15) is 9.90 Å². The summed E-state index contributed by atoms with van der Waals surface area (Å²) in [5, 5.41) is 0.682. The molecular formula is C14H22Cl2N2OS. The van der Waals surface area contributed by atoms with E-state index in [1.54, 1.807) is 12.3 Å². The topological polar surface area (TPSA) is 48.0 Å². The second-order valence-corrected chi connectivity index (χ2v) is 9.60. The summed E-state index contributed by atoms with van der Waals surface area (Å²) in [6, 6.07) is 1.64. The van der Waals surface area contributed by atoms with Gasteiger partial charge in [0, 0.05) is 17.6 Å². The lowest BCUT2D eigenvalue weighted by Crippen LogP contribution is -2.44. The third kappa shape index (κ3) is 4.78. The van der Waals surface area contributed by atoms with Crippen LogP contribution in [0.4, 0.5) is 0 Å². The molecule has 0 spiro atoms. The minimum atomic E-state index is -1.18. The van der Waals surface area contributed by atoms with Crippen LogP contribution in [-0.2, 0) is 11.4 Å². The van der Waals surface area contributed by atoms with Crippen molar-refractivity contribution in [3.05, 3.63) is 28.0 Å². The van der Waals surface area contributed by atoms with Gasteiger partial charge in [0.05, 0.1) is 11.1 Å². The third-order valence-electron chi connectivity index (χ3n) is 2.80. The van der Waals surface area contributed by atoms with Crippen molar-refractivity contribution < 1.29 is 4.55 Å². The summed E-state index contributed by atoms with van der Waals surface area (Å²) < 4.78 is 15.2. The van der Waals surface area contributed by atoms with Crippen LogP contribution in [0.25, 0.3) is 0 Å². The standard InChI is InChI=1S/C14H22Cl2N2OS/c1-13(2,3)11(18-20(19)14(4,5)6)9-7-10(15)12(16)17-8-9/h7-8,11,18H,1-6H3/t11-,20?/m0/s1. The summed E-state index contributed by atoms with van der Waals surface area (Å²) in [6.45, 7) is 12.0. The summed E-state index contributed by atoms with van der Waals surface area (Å²) in [6.07, 6.45) is 1.68. The van der Waals surface area contributed by atoms with Crippen LogP contribution in [0, 0.1) is 5.41 Å². The number of rotatable bonds is 3. The molecule has 0 saturated carbocycles. The molecule has 1 rings (SSSR count). The first kappa shape index (κ1) is 18.1. The molecule has 0 aliphatic heterocycles. The highest BCUT2D eigenvalue weighted by molar-refractivity contribution is 7.90. The molecule has 1 aromatic heterocycles. The van der Waals surface area contributed by atoms with Gasteiger partial charge in [0.15, 0.2) is 0 Å². The van der Waals surface area contributed by atoms with Crippen LogP contribution in [0.5, 0.6) is 0 Å². The Hall–Kier alpha value is -0.0000000000000000555. The van der Waals surface area contributed by atoms with E-state index in [-0.39, 0.29) is 21.4 Å². The number of nitrogens with one attached hydrogen (secondary N) is 1. The van der Waals surface area contributed by atoms with E-state index in [9.17, 15) is 4.55 Å². The number of hydrogen-bond donors (Lipinski definition) is 1. The first-order valence-electron chi connectivity index (χ1n) is 6.42. The van der Waals surface area contributed by atoms with E-state index in [0.29, 0.717) is 5.02 Å². The smallest absolute Gasteiger partial charge is 0.147 e. The Morgan fingerprint density at radius 1 is 1.20 bits per heavy atom. The Bertz CT molecular complexity index is 469. The van der Waals surface area contributed by atoms with Crippen molar-refractivity contribution in [3.8, 4) is 0 Å². The minimum absolute atomic E-state index is 0.134. The fourth-order valence-electron chi connectivity index (χ4n) is 1.62. The van der Waals surface area contributed by atoms with Crippen LogP contribution in [0.15, 0.2) is 12.3 Å². The summed E-state index contributed by atoms with van der Waals surface area (Å²) >= 11 is 10.7. The first-order chi connectivity index (χ1) is 8.93. The van der Waals surface area contributed by atoms with Crippen LogP contribution in [0.2, 0.25) is 10.2 Å². The van der Waals surface area contributed by atoms with Gasteiger partial charge in [-0.15, -0.1) is 4.72 Å². The number of nitrogens with zero attached hydrogens (tertiary/aromatic N) is 1. The second-order valence-electron chi connectivity index (χ2n) is 6.84. The van der Waals surface area contributed by atoms with Crippen molar-refractivity contribution in [2.24, 2.45) is 5.41 Å². The van der Waals surface area contributed by atoms with E-state index in [0.717, 1.165) is 5.56 Å². The van der Waals surface area contributed by atoms with Gasteiger partial charge in [0.25, 0.3) is 0 Å². The Labute approximate surface area is 134 Å². The van der Waals surface area contributed by atoms with Crippen LogP contribution >= 0.6 is 23.2 Å². The zero-order chi connectivity index (χ0) is 15.7. The summed E-state index contributed by atoms with van der Waals surface area (Å²) in [4.78, 5) is 4.08. The largest absolute Gasteiger partial charge is 0.598 e. The Morgan fingerprint density at radius 2 is 1.75 bits per heavy atom. The maximum atomic E-state index is 12.4. The maximum absolute atomic E-state index is 12.4. The van der Waals surface area contributed by atoms with Gasteiger partial charge >= 0.3 is 0 Å². The Kier molecular flexibility index (Phi) is 5.78. The van der Waals surface area contributed by atoms with Gasteiger partial charge in [-0.05, 0) is 37.8 Å². The molecule has 0 radical (unpaired) electrons. The number of halogens is 2. The molecule has 1 N–H and O–H groups in total. The van der Waals surface area contributed by atoms with Gasteiger partial charge in [0.2, 0.25) is 0 Å². The fourth-order valence-corrected chi connectivity index (χ4v) is 2.96. The van der Waals surface area contributed by atoms with Crippen molar-refractivity contribution in [3.63, 3.8) is 0 Å². The van der Waals surface area contributed by atoms with Crippen molar-refractivity contribution in [1.29, 1.82) is 0 Å². The highest BCUT2D eigenvalue weighted by Crippen LogP contribution is 2.36. The van der Waals surface area contributed by atoms with Crippen molar-refractivity contribution in [1.82, 2.24) is 9.71 Å². The lowest BCUT2D eigenvalue weighted by molar-refractivity contribution is 0.302. The maximum Gasteiger partial charge on any atom is 0.147 e. The molecule has 0 aliphatic carbocycles. The first-order valence-corrected chi connectivity index (χ1v) is 8.32. The molecule has 3 nitrogen and oxygen atoms in total. The predicted molar refractivity (Wildman–Crippen MR) is 87.5 cm³/mol. The van der Waals surface area contributed by atoms with Crippen molar-refractivity contribution in [2.45, 2.75) is 52.3 Å². The highest BCUT2D eigenvalue weighted by Gasteiger charge is 2.35. The second kappa shape index (κ2) is 6.41. The average Bonchev–Trinajstić information content (AvgIpc) is 2.26. The van der Waals surface area contributed by atoms with Crippen LogP contribution in [0.3, 0.4) is 0 Å². The van der Waals surface area contributed by atoms with Gasteiger partial charge in [-0.25, -0.2) is 4.98 Å². The molecule has 1 heterocycles. The predicted octanol–water partition coefficient (Wildman–Crippen LogP) is 4.53. The zero-order valence-electron chi connectivity index (χ0n) is 12.8. The van der Waals surface area contributed by atoms with Gasteiger partial charge in [-0.1, -0.05) is 44.0 Å². The van der Waals surface area contributed by atoms with Crippen LogP contribution in [0.1, 0.15) is 53.1 Å². The molecule has 1 unspecified atom stereocenters. The van der Waals surface area contributed by atoms with Crippen LogP contribution < -0.4 is 4.72 Å². The van der Waals surface area contributed by atoms with Gasteiger partial charge in [-0.3, -0.25) is 0 Å². The van der Waals surface area contributed by atoms with E-state index in [1.165, 1.54) is 0 Å². The minimum Gasteiger partial charge on any atom is -0.598 e.